The molecule has 0 spiro atoms. The number of ketones is 1. The second-order valence-corrected chi connectivity index (χ2v) is 4.09. The highest BCUT2D eigenvalue weighted by molar-refractivity contribution is 6.22. The molecule has 1 aliphatic rings. The lowest BCUT2D eigenvalue weighted by Gasteiger charge is -2.19. The van der Waals surface area contributed by atoms with Crippen molar-refractivity contribution in [2.24, 2.45) is 0 Å². The Kier molecular flexibility index (Phi) is 2.58. The molecule has 1 aromatic carbocycles. The molecule has 0 fully saturated rings. The highest BCUT2D eigenvalue weighted by Crippen LogP contribution is 2.27. The van der Waals surface area contributed by atoms with Crippen molar-refractivity contribution >= 4 is 11.4 Å². The van der Waals surface area contributed by atoms with Crippen LogP contribution in [0.2, 0.25) is 0 Å². The first-order valence-corrected chi connectivity index (χ1v) is 5.18. The van der Waals surface area contributed by atoms with E-state index in [9.17, 15) is 4.79 Å². The molecule has 2 nitrogen and oxygen atoms in total. The number of nitrogens with zero attached hydrogens (tertiary/aromatic N) is 1. The monoisotopic (exact) mass is 201 g/mol. The Balaban J connectivity index is 2.51. The van der Waals surface area contributed by atoms with Gasteiger partial charge in [0.15, 0.2) is 5.78 Å². The van der Waals surface area contributed by atoms with Crippen LogP contribution in [0.15, 0.2) is 30.5 Å². The number of carbonyl (C=O) groups is 1. The van der Waals surface area contributed by atoms with Crippen LogP contribution in [0, 0.1) is 0 Å². The minimum Gasteiger partial charge on any atom is -0.383 e. The summed E-state index contributed by atoms with van der Waals surface area (Å²) in [6, 6.07) is 8.15. The van der Waals surface area contributed by atoms with E-state index in [4.69, 9.17) is 0 Å². The van der Waals surface area contributed by atoms with Gasteiger partial charge in [-0.2, -0.15) is 0 Å². The van der Waals surface area contributed by atoms with Gasteiger partial charge in [0.2, 0.25) is 0 Å². The molecule has 0 aliphatic heterocycles. The third-order valence-electron chi connectivity index (χ3n) is 2.62. The third kappa shape index (κ3) is 1.94. The fraction of sp³-hybridized carbons (Fsp3) is 0.308. The van der Waals surface area contributed by atoms with Crippen LogP contribution in [0.25, 0.3) is 5.57 Å². The second kappa shape index (κ2) is 3.89. The predicted molar refractivity (Wildman–Crippen MR) is 61.4 cm³/mol. The van der Waals surface area contributed by atoms with Crippen LogP contribution < -0.4 is 0 Å². The minimum absolute atomic E-state index is 0.252. The van der Waals surface area contributed by atoms with E-state index in [1.807, 2.05) is 43.4 Å². The lowest BCUT2D eigenvalue weighted by molar-refractivity contribution is -0.113. The van der Waals surface area contributed by atoms with Crippen LogP contribution in [0.4, 0.5) is 0 Å². The Labute approximate surface area is 90.2 Å². The first kappa shape index (κ1) is 9.97. The lowest BCUT2D eigenvalue weighted by atomic mass is 9.87. The van der Waals surface area contributed by atoms with E-state index < -0.39 is 0 Å². The van der Waals surface area contributed by atoms with Crippen LogP contribution in [0.3, 0.4) is 0 Å². The Bertz CT molecular complexity index is 418. The highest BCUT2D eigenvalue weighted by atomic mass is 16.1. The fourth-order valence-corrected chi connectivity index (χ4v) is 1.93. The molecule has 78 valence electrons. The number of rotatable bonds is 1. The molecule has 0 radical (unpaired) electrons. The molecular weight excluding hydrogens is 186 g/mol. The molecule has 0 atom stereocenters. The number of hydrogen-bond acceptors (Lipinski definition) is 2. The van der Waals surface area contributed by atoms with Crippen molar-refractivity contribution in [1.82, 2.24) is 4.90 Å². The molecule has 0 unspecified atom stereocenters. The van der Waals surface area contributed by atoms with Crippen molar-refractivity contribution in [1.29, 1.82) is 0 Å². The Morgan fingerprint density at radius 1 is 1.20 bits per heavy atom. The molecule has 0 saturated carbocycles. The fourth-order valence-electron chi connectivity index (χ4n) is 1.93. The van der Waals surface area contributed by atoms with Crippen molar-refractivity contribution < 1.29 is 4.79 Å². The largest absolute Gasteiger partial charge is 0.383 e. The topological polar surface area (TPSA) is 20.3 Å². The summed E-state index contributed by atoms with van der Waals surface area (Å²) in [5.74, 6) is 0.252. The smallest absolute Gasteiger partial charge is 0.165 e. The Morgan fingerprint density at radius 3 is 2.67 bits per heavy atom. The van der Waals surface area contributed by atoms with Crippen molar-refractivity contribution in [3.63, 3.8) is 0 Å². The molecular formula is C13H15NO. The van der Waals surface area contributed by atoms with E-state index >= 15 is 0 Å². The SMILES string of the molecule is CN(C)/C=C1\C(=O)CCc2ccccc21. The van der Waals surface area contributed by atoms with Gasteiger partial charge in [-0.25, -0.2) is 0 Å². The van der Waals surface area contributed by atoms with Gasteiger partial charge < -0.3 is 4.90 Å². The zero-order valence-corrected chi connectivity index (χ0v) is 9.16. The number of carbonyl (C=O) groups excluding carboxylic acids is 1. The van der Waals surface area contributed by atoms with Crippen molar-refractivity contribution in [3.05, 3.63) is 41.6 Å². The van der Waals surface area contributed by atoms with Crippen LogP contribution >= 0.6 is 0 Å². The maximum Gasteiger partial charge on any atom is 0.165 e. The molecule has 2 heteroatoms. The number of aryl methyl sites for hydroxylation is 1. The van der Waals surface area contributed by atoms with Gasteiger partial charge in [0.05, 0.1) is 0 Å². The van der Waals surface area contributed by atoms with Crippen molar-refractivity contribution in [2.75, 3.05) is 14.1 Å². The summed E-state index contributed by atoms with van der Waals surface area (Å²) in [5.41, 5.74) is 3.23. The van der Waals surface area contributed by atoms with Gasteiger partial charge in [-0.1, -0.05) is 24.3 Å². The number of benzene rings is 1. The van der Waals surface area contributed by atoms with Crippen LogP contribution in [0.5, 0.6) is 0 Å². The first-order valence-electron chi connectivity index (χ1n) is 5.18. The Morgan fingerprint density at radius 2 is 1.93 bits per heavy atom. The summed E-state index contributed by atoms with van der Waals surface area (Å²) in [5, 5.41) is 0. The molecule has 0 heterocycles. The third-order valence-corrected chi connectivity index (χ3v) is 2.62. The quantitative estimate of drug-likeness (QED) is 0.648. The molecule has 2 rings (SSSR count). The average Bonchev–Trinajstić information content (AvgIpc) is 2.22. The molecule has 0 saturated heterocycles. The zero-order chi connectivity index (χ0) is 10.8. The lowest BCUT2D eigenvalue weighted by Crippen LogP contribution is -2.15. The number of allylic oxidation sites excluding steroid dienone is 1. The molecule has 1 aliphatic carbocycles. The summed E-state index contributed by atoms with van der Waals surface area (Å²) in [6.07, 6.45) is 3.43. The predicted octanol–water partition coefficient (Wildman–Crippen LogP) is 2.10. The van der Waals surface area contributed by atoms with Crippen molar-refractivity contribution in [3.8, 4) is 0 Å². The minimum atomic E-state index is 0.252. The Hall–Kier alpha value is -1.57. The van der Waals surface area contributed by atoms with E-state index in [0.29, 0.717) is 6.42 Å². The standard InChI is InChI=1S/C13H15NO/c1-14(2)9-12-11-6-4-3-5-10(11)7-8-13(12)15/h3-6,9H,7-8H2,1-2H3/b12-9-. The van der Waals surface area contributed by atoms with Crippen LogP contribution in [0.1, 0.15) is 17.5 Å². The molecule has 15 heavy (non-hydrogen) atoms. The van der Waals surface area contributed by atoms with Gasteiger partial charge in [-0.05, 0) is 17.5 Å². The molecule has 0 bridgehead atoms. The summed E-state index contributed by atoms with van der Waals surface area (Å²) >= 11 is 0. The zero-order valence-electron chi connectivity index (χ0n) is 9.16. The number of Topliss-reactive ketones (excluding diaryl/α,β-unsaturated/α-hetero) is 1. The molecule has 0 aromatic heterocycles. The number of hydrogen-bond donors (Lipinski definition) is 0. The van der Waals surface area contributed by atoms with Gasteiger partial charge in [0, 0.05) is 32.3 Å². The molecule has 0 N–H and O–H groups in total. The van der Waals surface area contributed by atoms with E-state index in [0.717, 1.165) is 17.6 Å². The number of fused-ring (bicyclic) bond motifs is 1. The van der Waals surface area contributed by atoms with E-state index in [2.05, 4.69) is 6.07 Å². The van der Waals surface area contributed by atoms with E-state index in [1.54, 1.807) is 0 Å². The molecule has 1 aromatic rings. The summed E-state index contributed by atoms with van der Waals surface area (Å²) < 4.78 is 0. The summed E-state index contributed by atoms with van der Waals surface area (Å²) in [4.78, 5) is 13.7. The second-order valence-electron chi connectivity index (χ2n) is 4.09. The highest BCUT2D eigenvalue weighted by Gasteiger charge is 2.20. The molecule has 0 amide bonds. The van der Waals surface area contributed by atoms with E-state index in [1.165, 1.54) is 5.56 Å². The van der Waals surface area contributed by atoms with Crippen molar-refractivity contribution in [2.45, 2.75) is 12.8 Å². The maximum atomic E-state index is 11.8. The van der Waals surface area contributed by atoms with Crippen LogP contribution in [-0.2, 0) is 11.2 Å². The van der Waals surface area contributed by atoms with Gasteiger partial charge >= 0.3 is 0 Å². The van der Waals surface area contributed by atoms with Crippen LogP contribution in [-0.4, -0.2) is 24.8 Å². The average molecular weight is 201 g/mol. The first-order chi connectivity index (χ1) is 7.18. The van der Waals surface area contributed by atoms with Gasteiger partial charge in [-0.15, -0.1) is 0 Å². The van der Waals surface area contributed by atoms with E-state index in [-0.39, 0.29) is 5.78 Å². The normalized spacial score (nSPS) is 17.7. The maximum absolute atomic E-state index is 11.8. The summed E-state index contributed by atoms with van der Waals surface area (Å²) in [6.45, 7) is 0. The van der Waals surface area contributed by atoms with Gasteiger partial charge in [0.1, 0.15) is 0 Å². The summed E-state index contributed by atoms with van der Waals surface area (Å²) in [7, 11) is 3.88. The van der Waals surface area contributed by atoms with Gasteiger partial charge in [0.25, 0.3) is 0 Å². The van der Waals surface area contributed by atoms with Gasteiger partial charge in [-0.3, -0.25) is 4.79 Å².